The lowest BCUT2D eigenvalue weighted by molar-refractivity contribution is -0.157. The van der Waals surface area contributed by atoms with E-state index in [0.29, 0.717) is 6.42 Å². The molecule has 17 heavy (non-hydrogen) atoms. The molecule has 100 valence electrons. The van der Waals surface area contributed by atoms with Crippen LogP contribution in [0.2, 0.25) is 0 Å². The average molecular weight is 244 g/mol. The van der Waals surface area contributed by atoms with E-state index in [0.717, 1.165) is 25.7 Å². The molecule has 0 aliphatic carbocycles. The first-order valence-corrected chi connectivity index (χ1v) is 6.24. The summed E-state index contributed by atoms with van der Waals surface area (Å²) >= 11 is 0. The van der Waals surface area contributed by atoms with Crippen molar-refractivity contribution < 1.29 is 19.1 Å². The van der Waals surface area contributed by atoms with Gasteiger partial charge in [0, 0.05) is 0 Å². The van der Waals surface area contributed by atoms with E-state index in [1.807, 2.05) is 0 Å². The quantitative estimate of drug-likeness (QED) is 0.486. The molecule has 0 spiro atoms. The normalized spacial score (nSPS) is 13.9. The number of hydrogen-bond donors (Lipinski definition) is 0. The Morgan fingerprint density at radius 2 is 1.59 bits per heavy atom. The van der Waals surface area contributed by atoms with Gasteiger partial charge in [-0.05, 0) is 6.42 Å². The van der Waals surface area contributed by atoms with Crippen LogP contribution >= 0.6 is 0 Å². The first-order valence-electron chi connectivity index (χ1n) is 6.24. The Bertz CT molecular complexity index is 238. The summed E-state index contributed by atoms with van der Waals surface area (Å²) in [6, 6.07) is 0. The summed E-state index contributed by atoms with van der Waals surface area (Å²) in [5, 5.41) is 0. The molecule has 0 N–H and O–H groups in total. The van der Waals surface area contributed by atoms with E-state index in [-0.39, 0.29) is 17.9 Å². The highest BCUT2D eigenvalue weighted by atomic mass is 16.5. The molecule has 0 radical (unpaired) electrons. The molecule has 0 amide bonds. The molecule has 0 saturated heterocycles. The second kappa shape index (κ2) is 9.02. The monoisotopic (exact) mass is 244 g/mol. The van der Waals surface area contributed by atoms with Crippen molar-refractivity contribution in [3.8, 4) is 0 Å². The fourth-order valence-electron chi connectivity index (χ4n) is 1.86. The number of unbranched alkanes of at least 4 members (excludes halogenated alkanes) is 3. The van der Waals surface area contributed by atoms with Crippen molar-refractivity contribution in [1.29, 1.82) is 0 Å². The minimum absolute atomic E-state index is 0.320. The maximum absolute atomic E-state index is 11.6. The van der Waals surface area contributed by atoms with Gasteiger partial charge in [0.05, 0.1) is 26.1 Å². The molecule has 0 saturated carbocycles. The Hall–Kier alpha value is -1.06. The molecule has 0 aromatic carbocycles. The molecule has 0 bridgehead atoms. The largest absolute Gasteiger partial charge is 0.469 e. The zero-order chi connectivity index (χ0) is 13.3. The molecule has 0 aliphatic heterocycles. The average Bonchev–Trinajstić information content (AvgIpc) is 2.36. The van der Waals surface area contributed by atoms with Crippen LogP contribution in [0.5, 0.6) is 0 Å². The highest BCUT2D eigenvalue weighted by Crippen LogP contribution is 2.22. The number of rotatable bonds is 8. The van der Waals surface area contributed by atoms with Crippen molar-refractivity contribution in [3.63, 3.8) is 0 Å². The van der Waals surface area contributed by atoms with E-state index in [9.17, 15) is 9.59 Å². The highest BCUT2D eigenvalue weighted by Gasteiger charge is 2.31. The summed E-state index contributed by atoms with van der Waals surface area (Å²) in [6.45, 7) is 3.85. The molecule has 0 aromatic heterocycles. The van der Waals surface area contributed by atoms with Gasteiger partial charge in [-0.1, -0.05) is 39.5 Å². The van der Waals surface area contributed by atoms with Gasteiger partial charge in [0.2, 0.25) is 0 Å². The molecular weight excluding hydrogens is 220 g/mol. The van der Waals surface area contributed by atoms with E-state index in [2.05, 4.69) is 11.7 Å². The summed E-state index contributed by atoms with van der Waals surface area (Å²) < 4.78 is 9.41. The Morgan fingerprint density at radius 3 is 2.06 bits per heavy atom. The van der Waals surface area contributed by atoms with Crippen molar-refractivity contribution in [2.75, 3.05) is 14.2 Å². The first kappa shape index (κ1) is 15.9. The van der Waals surface area contributed by atoms with Crippen molar-refractivity contribution in [2.45, 2.75) is 46.0 Å². The van der Waals surface area contributed by atoms with E-state index in [4.69, 9.17) is 4.74 Å². The molecule has 4 nitrogen and oxygen atoms in total. The smallest absolute Gasteiger partial charge is 0.309 e. The Balaban J connectivity index is 4.33. The molecule has 0 heterocycles. The predicted molar refractivity (Wildman–Crippen MR) is 65.4 cm³/mol. The third-order valence-corrected chi connectivity index (χ3v) is 3.05. The van der Waals surface area contributed by atoms with Gasteiger partial charge in [-0.25, -0.2) is 0 Å². The summed E-state index contributed by atoms with van der Waals surface area (Å²) in [5.74, 6) is -1.49. The van der Waals surface area contributed by atoms with Gasteiger partial charge in [0.15, 0.2) is 0 Å². The molecule has 0 fully saturated rings. The van der Waals surface area contributed by atoms with Gasteiger partial charge in [-0.15, -0.1) is 0 Å². The molecular formula is C13H24O4. The zero-order valence-electron chi connectivity index (χ0n) is 11.3. The molecule has 4 heteroatoms. The summed E-state index contributed by atoms with van der Waals surface area (Å²) in [6.07, 6.45) is 5.01. The number of esters is 2. The van der Waals surface area contributed by atoms with Crippen LogP contribution in [0.4, 0.5) is 0 Å². The Morgan fingerprint density at radius 1 is 1.00 bits per heavy atom. The number of carbonyl (C=O) groups excluding carboxylic acids is 2. The Labute approximate surface area is 104 Å². The second-order valence-electron chi connectivity index (χ2n) is 4.29. The Kier molecular flexibility index (Phi) is 8.46. The number of methoxy groups -OCH3 is 2. The SMILES string of the molecule is CCCCCCC(C(=O)OC)C(C)C(=O)OC. The molecule has 0 rings (SSSR count). The van der Waals surface area contributed by atoms with Crippen LogP contribution in [0.3, 0.4) is 0 Å². The van der Waals surface area contributed by atoms with Crippen molar-refractivity contribution in [3.05, 3.63) is 0 Å². The van der Waals surface area contributed by atoms with Gasteiger partial charge < -0.3 is 9.47 Å². The minimum Gasteiger partial charge on any atom is -0.469 e. The molecule has 0 aromatic rings. The molecule has 2 unspecified atom stereocenters. The first-order chi connectivity index (χ1) is 8.08. The van der Waals surface area contributed by atoms with E-state index < -0.39 is 5.92 Å². The summed E-state index contributed by atoms with van der Waals surface area (Å²) in [4.78, 5) is 23.0. The predicted octanol–water partition coefficient (Wildman–Crippen LogP) is 2.56. The minimum atomic E-state index is -0.436. The van der Waals surface area contributed by atoms with Crippen molar-refractivity contribution >= 4 is 11.9 Å². The van der Waals surface area contributed by atoms with Gasteiger partial charge in [0.25, 0.3) is 0 Å². The summed E-state index contributed by atoms with van der Waals surface area (Å²) in [5.41, 5.74) is 0. The molecule has 0 aliphatic rings. The van der Waals surface area contributed by atoms with Crippen molar-refractivity contribution in [2.24, 2.45) is 11.8 Å². The molecule has 2 atom stereocenters. The highest BCUT2D eigenvalue weighted by molar-refractivity contribution is 5.81. The number of ether oxygens (including phenoxy) is 2. The van der Waals surface area contributed by atoms with Crippen LogP contribution in [-0.2, 0) is 19.1 Å². The lowest BCUT2D eigenvalue weighted by atomic mass is 9.89. The lowest BCUT2D eigenvalue weighted by Crippen LogP contribution is -2.29. The number of hydrogen-bond acceptors (Lipinski definition) is 4. The van der Waals surface area contributed by atoms with Gasteiger partial charge >= 0.3 is 11.9 Å². The van der Waals surface area contributed by atoms with Crippen LogP contribution < -0.4 is 0 Å². The van der Waals surface area contributed by atoms with E-state index in [1.165, 1.54) is 14.2 Å². The standard InChI is InChI=1S/C13H24O4/c1-5-6-7-8-9-11(13(15)17-4)10(2)12(14)16-3/h10-11H,5-9H2,1-4H3. The topological polar surface area (TPSA) is 52.6 Å². The van der Waals surface area contributed by atoms with Crippen LogP contribution in [0, 0.1) is 11.8 Å². The van der Waals surface area contributed by atoms with Crippen LogP contribution in [0.25, 0.3) is 0 Å². The fraction of sp³-hybridized carbons (Fsp3) is 0.846. The lowest BCUT2D eigenvalue weighted by Gasteiger charge is -2.19. The summed E-state index contributed by atoms with van der Waals surface area (Å²) in [7, 11) is 2.69. The fourth-order valence-corrected chi connectivity index (χ4v) is 1.86. The third-order valence-electron chi connectivity index (χ3n) is 3.05. The van der Waals surface area contributed by atoms with Gasteiger partial charge in [-0.2, -0.15) is 0 Å². The second-order valence-corrected chi connectivity index (χ2v) is 4.29. The van der Waals surface area contributed by atoms with E-state index >= 15 is 0 Å². The van der Waals surface area contributed by atoms with Crippen LogP contribution in [-0.4, -0.2) is 26.2 Å². The van der Waals surface area contributed by atoms with Crippen LogP contribution in [0.1, 0.15) is 46.0 Å². The van der Waals surface area contributed by atoms with Gasteiger partial charge in [-0.3, -0.25) is 9.59 Å². The number of carbonyl (C=O) groups is 2. The third kappa shape index (κ3) is 5.71. The van der Waals surface area contributed by atoms with Crippen molar-refractivity contribution in [1.82, 2.24) is 0 Å². The van der Waals surface area contributed by atoms with Gasteiger partial charge in [0.1, 0.15) is 0 Å². The van der Waals surface area contributed by atoms with Crippen LogP contribution in [0.15, 0.2) is 0 Å². The van der Waals surface area contributed by atoms with E-state index in [1.54, 1.807) is 6.92 Å². The maximum atomic E-state index is 11.6. The zero-order valence-corrected chi connectivity index (χ0v) is 11.3. The maximum Gasteiger partial charge on any atom is 0.309 e.